The van der Waals surface area contributed by atoms with Gasteiger partial charge in [0, 0.05) is 45.0 Å². The summed E-state index contributed by atoms with van der Waals surface area (Å²) in [6.45, 7) is 0. The van der Waals surface area contributed by atoms with Gasteiger partial charge in [0.15, 0.2) is 23.1 Å². The Labute approximate surface area is 272 Å². The Hall–Kier alpha value is -6.20. The first-order valence-corrected chi connectivity index (χ1v) is 15.9. The van der Waals surface area contributed by atoms with Gasteiger partial charge in [0.1, 0.15) is 11.5 Å². The zero-order valence-electron chi connectivity index (χ0n) is 25.5. The van der Waals surface area contributed by atoms with Gasteiger partial charge in [-0.2, -0.15) is 0 Å². The topological polar surface area (TPSA) is 64.7 Å². The summed E-state index contributed by atoms with van der Waals surface area (Å²) >= 11 is 0. The molecule has 0 atom stereocenters. The number of aromatic nitrogens is 4. The Balaban J connectivity index is 1.12. The first-order chi connectivity index (χ1) is 23.3. The number of benzene rings is 5. The molecule has 0 aliphatic heterocycles. The maximum absolute atomic E-state index is 6.54. The van der Waals surface area contributed by atoms with Crippen LogP contribution >= 0.6 is 0 Å². The number of furan rings is 1. The molecule has 47 heavy (non-hydrogen) atoms. The van der Waals surface area contributed by atoms with Crippen LogP contribution in [0.5, 0.6) is 0 Å². The molecule has 0 saturated heterocycles. The van der Waals surface area contributed by atoms with Crippen molar-refractivity contribution < 1.29 is 4.42 Å². The number of hydrogen-bond donors (Lipinski definition) is 0. The zero-order valence-corrected chi connectivity index (χ0v) is 25.5. The molecule has 8 aromatic rings. The zero-order chi connectivity index (χ0) is 31.2. The Kier molecular flexibility index (Phi) is 6.53. The average molecular weight is 605 g/mol. The third-order valence-electron chi connectivity index (χ3n) is 8.78. The van der Waals surface area contributed by atoms with Gasteiger partial charge in [0.2, 0.25) is 0 Å². The summed E-state index contributed by atoms with van der Waals surface area (Å²) in [5.41, 5.74) is 9.91. The second-order valence-electron chi connectivity index (χ2n) is 11.8. The molecule has 0 N–H and O–H groups in total. The van der Waals surface area contributed by atoms with Gasteiger partial charge >= 0.3 is 0 Å². The summed E-state index contributed by atoms with van der Waals surface area (Å²) in [5.74, 6) is 2.97. The van der Waals surface area contributed by atoms with Gasteiger partial charge in [-0.1, -0.05) is 133 Å². The molecule has 0 unspecified atom stereocenters. The highest BCUT2D eigenvalue weighted by Crippen LogP contribution is 2.41. The van der Waals surface area contributed by atoms with Crippen molar-refractivity contribution >= 4 is 27.9 Å². The van der Waals surface area contributed by atoms with E-state index in [4.69, 9.17) is 24.4 Å². The molecule has 3 heterocycles. The van der Waals surface area contributed by atoms with E-state index >= 15 is 0 Å². The standard InChI is InChI=1S/C42H28N4O/c1-3-12-28(13-4-1)40-44-41(29-14-5-2-6-15-29)46-42(45-40)30-24-22-27(23-25-30)31-16-11-17-32(26-31)38-39-37(33-18-7-9-20-35(33)43-38)34-19-8-10-21-36(34)47-39/h1-9,11-20,22-26H,10,21H2. The molecule has 3 aromatic heterocycles. The normalized spacial score (nSPS) is 12.4. The number of aryl methyl sites for hydroxylation is 1. The molecule has 222 valence electrons. The molecule has 0 fully saturated rings. The highest BCUT2D eigenvalue weighted by molar-refractivity contribution is 6.13. The van der Waals surface area contributed by atoms with Gasteiger partial charge in [-0.05, 0) is 29.7 Å². The van der Waals surface area contributed by atoms with E-state index in [0.29, 0.717) is 17.5 Å². The molecule has 0 spiro atoms. The fraction of sp³-hybridized carbons (Fsp3) is 0.0476. The van der Waals surface area contributed by atoms with Gasteiger partial charge in [-0.3, -0.25) is 0 Å². The number of allylic oxidation sites excluding steroid dienone is 1. The minimum Gasteiger partial charge on any atom is -0.458 e. The fourth-order valence-corrected chi connectivity index (χ4v) is 6.45. The monoisotopic (exact) mass is 604 g/mol. The van der Waals surface area contributed by atoms with E-state index in [-0.39, 0.29) is 0 Å². The van der Waals surface area contributed by atoms with Gasteiger partial charge in [-0.15, -0.1) is 0 Å². The van der Waals surface area contributed by atoms with Crippen molar-refractivity contribution in [1.29, 1.82) is 0 Å². The minimum atomic E-state index is 0.636. The van der Waals surface area contributed by atoms with Crippen LogP contribution in [0.15, 0.2) is 144 Å². The summed E-state index contributed by atoms with van der Waals surface area (Å²) < 4.78 is 6.54. The number of pyridine rings is 1. The summed E-state index contributed by atoms with van der Waals surface area (Å²) in [6.07, 6.45) is 6.33. The van der Waals surface area contributed by atoms with Crippen molar-refractivity contribution in [2.75, 3.05) is 0 Å². The quantitative estimate of drug-likeness (QED) is 0.196. The lowest BCUT2D eigenvalue weighted by atomic mass is 9.97. The van der Waals surface area contributed by atoms with Crippen LogP contribution < -0.4 is 0 Å². The number of rotatable bonds is 5. The predicted molar refractivity (Wildman–Crippen MR) is 189 cm³/mol. The van der Waals surface area contributed by atoms with Gasteiger partial charge in [0.05, 0.1) is 5.52 Å². The Morgan fingerprint density at radius 2 is 1.06 bits per heavy atom. The molecule has 1 aliphatic carbocycles. The molecular formula is C42H28N4O. The van der Waals surface area contributed by atoms with E-state index in [1.165, 1.54) is 5.56 Å². The summed E-state index contributed by atoms with van der Waals surface area (Å²) in [4.78, 5) is 19.7. The molecule has 0 radical (unpaired) electrons. The Morgan fingerprint density at radius 1 is 0.489 bits per heavy atom. The van der Waals surface area contributed by atoms with Crippen LogP contribution in [0.2, 0.25) is 0 Å². The molecule has 5 nitrogen and oxygen atoms in total. The first kappa shape index (κ1) is 27.1. The van der Waals surface area contributed by atoms with Crippen LogP contribution in [0, 0.1) is 0 Å². The van der Waals surface area contributed by atoms with E-state index < -0.39 is 0 Å². The summed E-state index contributed by atoms with van der Waals surface area (Å²) in [7, 11) is 0. The molecule has 5 heteroatoms. The highest BCUT2D eigenvalue weighted by Gasteiger charge is 2.22. The smallest absolute Gasteiger partial charge is 0.164 e. The van der Waals surface area contributed by atoms with Crippen LogP contribution in [-0.4, -0.2) is 19.9 Å². The molecule has 5 aromatic carbocycles. The van der Waals surface area contributed by atoms with E-state index in [1.807, 2.05) is 66.7 Å². The largest absolute Gasteiger partial charge is 0.458 e. The van der Waals surface area contributed by atoms with Crippen molar-refractivity contribution in [1.82, 2.24) is 19.9 Å². The van der Waals surface area contributed by atoms with Crippen LogP contribution in [-0.2, 0) is 6.42 Å². The average Bonchev–Trinajstić information content (AvgIpc) is 3.55. The van der Waals surface area contributed by atoms with Crippen LogP contribution in [0.25, 0.3) is 84.5 Å². The Morgan fingerprint density at radius 3 is 1.77 bits per heavy atom. The van der Waals surface area contributed by atoms with Crippen molar-refractivity contribution in [3.05, 3.63) is 151 Å². The van der Waals surface area contributed by atoms with E-state index in [9.17, 15) is 0 Å². The number of nitrogens with zero attached hydrogens (tertiary/aromatic N) is 4. The SMILES string of the molecule is C1=Cc2c(oc3c(-c4cccc(-c5ccc(-c6nc(-c7ccccc7)nc(-c7ccccc7)n6)cc5)c4)nc4ccccc4c23)CC1. The van der Waals surface area contributed by atoms with E-state index in [0.717, 1.165) is 79.5 Å². The van der Waals surface area contributed by atoms with Crippen LogP contribution in [0.3, 0.4) is 0 Å². The molecule has 9 rings (SSSR count). The molecule has 1 aliphatic rings. The summed E-state index contributed by atoms with van der Waals surface area (Å²) in [5, 5.41) is 2.27. The molecule has 0 bridgehead atoms. The number of hydrogen-bond acceptors (Lipinski definition) is 5. The number of fused-ring (bicyclic) bond motifs is 5. The maximum atomic E-state index is 6.54. The second kappa shape index (κ2) is 11.3. The van der Waals surface area contributed by atoms with Crippen molar-refractivity contribution in [3.8, 4) is 56.5 Å². The lowest BCUT2D eigenvalue weighted by Crippen LogP contribution is -2.00. The summed E-state index contributed by atoms with van der Waals surface area (Å²) in [6, 6.07) is 45.4. The van der Waals surface area contributed by atoms with Crippen LogP contribution in [0.4, 0.5) is 0 Å². The predicted octanol–water partition coefficient (Wildman–Crippen LogP) is 10.5. The third-order valence-corrected chi connectivity index (χ3v) is 8.78. The lowest BCUT2D eigenvalue weighted by molar-refractivity contribution is 0.546. The fourth-order valence-electron chi connectivity index (χ4n) is 6.45. The molecular weight excluding hydrogens is 576 g/mol. The van der Waals surface area contributed by atoms with Gasteiger partial charge in [0.25, 0.3) is 0 Å². The third kappa shape index (κ3) is 4.89. The van der Waals surface area contributed by atoms with E-state index in [2.05, 4.69) is 78.9 Å². The van der Waals surface area contributed by atoms with Crippen molar-refractivity contribution in [2.24, 2.45) is 0 Å². The minimum absolute atomic E-state index is 0.636. The first-order valence-electron chi connectivity index (χ1n) is 15.9. The Bertz CT molecular complexity index is 2390. The molecule has 0 saturated carbocycles. The van der Waals surface area contributed by atoms with E-state index in [1.54, 1.807) is 0 Å². The van der Waals surface area contributed by atoms with Gasteiger partial charge in [-0.25, -0.2) is 19.9 Å². The van der Waals surface area contributed by atoms with Gasteiger partial charge < -0.3 is 4.42 Å². The molecule has 0 amide bonds. The lowest BCUT2D eigenvalue weighted by Gasteiger charge is -2.10. The second-order valence-corrected chi connectivity index (χ2v) is 11.8. The van der Waals surface area contributed by atoms with Crippen molar-refractivity contribution in [3.63, 3.8) is 0 Å². The number of para-hydroxylation sites is 1. The highest BCUT2D eigenvalue weighted by atomic mass is 16.3. The maximum Gasteiger partial charge on any atom is 0.164 e. The van der Waals surface area contributed by atoms with Crippen molar-refractivity contribution in [2.45, 2.75) is 12.8 Å². The van der Waals surface area contributed by atoms with Crippen LogP contribution in [0.1, 0.15) is 17.7 Å².